The third kappa shape index (κ3) is 5.92. The molecule has 0 aromatic heterocycles. The fourth-order valence-corrected chi connectivity index (χ4v) is 4.59. The van der Waals surface area contributed by atoms with Gasteiger partial charge in [-0.1, -0.05) is 125 Å². The summed E-state index contributed by atoms with van der Waals surface area (Å²) in [5, 5.41) is 1.46. The summed E-state index contributed by atoms with van der Waals surface area (Å²) in [5.74, 6) is 2.28. The lowest BCUT2D eigenvalue weighted by Gasteiger charge is -2.32. The van der Waals surface area contributed by atoms with E-state index in [9.17, 15) is 0 Å². The second kappa shape index (κ2) is 8.38. The normalized spacial score (nSPS) is 13.6. The number of hydrogen-bond acceptors (Lipinski definition) is 0. The largest absolute Gasteiger partial charge is 0.0678 e. The van der Waals surface area contributed by atoms with Gasteiger partial charge in [-0.15, -0.1) is 0 Å². The molecule has 0 amide bonds. The molecule has 2 aromatic carbocycles. The Balaban J connectivity index is 2.60. The summed E-state index contributed by atoms with van der Waals surface area (Å²) in [7, 11) is 1.26. The van der Waals surface area contributed by atoms with Crippen LogP contribution in [0, 0.1) is 0 Å². The van der Waals surface area contributed by atoms with E-state index in [-0.39, 0.29) is 16.2 Å². The average molecular weight is 393 g/mol. The first-order valence-corrected chi connectivity index (χ1v) is 11.2. The summed E-state index contributed by atoms with van der Waals surface area (Å²) in [5.41, 5.74) is 5.98. The maximum Gasteiger partial charge on any atom is 0.00927 e. The van der Waals surface area contributed by atoms with Crippen molar-refractivity contribution in [3.63, 3.8) is 0 Å². The van der Waals surface area contributed by atoms with Crippen molar-refractivity contribution in [2.24, 2.45) is 0 Å². The lowest BCUT2D eigenvalue weighted by Crippen LogP contribution is -2.29. The van der Waals surface area contributed by atoms with Gasteiger partial charge in [0.15, 0.2) is 0 Å². The van der Waals surface area contributed by atoms with Crippen LogP contribution in [0.5, 0.6) is 0 Å². The van der Waals surface area contributed by atoms with E-state index in [1.54, 1.807) is 0 Å². The smallest absolute Gasteiger partial charge is 0.00927 e. The number of rotatable bonds is 3. The highest BCUT2D eigenvalue weighted by Crippen LogP contribution is 2.35. The molecule has 0 aliphatic rings. The topological polar surface area (TPSA) is 0 Å². The van der Waals surface area contributed by atoms with Gasteiger partial charge in [0.25, 0.3) is 0 Å². The van der Waals surface area contributed by atoms with E-state index in [0.29, 0.717) is 0 Å². The molecule has 0 atom stereocenters. The Morgan fingerprint density at radius 3 is 1.61 bits per heavy atom. The molecule has 0 radical (unpaired) electrons. The van der Waals surface area contributed by atoms with Crippen LogP contribution in [0.25, 0.3) is 6.08 Å². The summed E-state index contributed by atoms with van der Waals surface area (Å²) in [6.07, 6.45) is 4.37. The summed E-state index contributed by atoms with van der Waals surface area (Å²) in [6, 6.07) is 15.4. The highest BCUT2D eigenvalue weighted by Gasteiger charge is 2.28. The van der Waals surface area contributed by atoms with E-state index in [1.807, 2.05) is 0 Å². The first-order chi connectivity index (χ1) is 12.8. The van der Waals surface area contributed by atoms with Gasteiger partial charge >= 0.3 is 0 Å². The standard InChI is InChI=1S/C27H37P/c1-25(2,3)21-18-22(26(4,5)6)24(23(19-21)27(7,8)9)28-17-13-16-20-14-11-10-12-15-20/h10-19H,1-9H3/b16-13+. The van der Waals surface area contributed by atoms with E-state index in [2.05, 4.69) is 123 Å². The average Bonchev–Trinajstić information content (AvgIpc) is 2.56. The van der Waals surface area contributed by atoms with Gasteiger partial charge in [0.1, 0.15) is 0 Å². The Bertz CT molecular complexity index is 813. The Hall–Kier alpha value is -1.65. The van der Waals surface area contributed by atoms with Crippen molar-refractivity contribution in [2.75, 3.05) is 0 Å². The quantitative estimate of drug-likeness (QED) is 0.470. The zero-order valence-corrected chi connectivity index (χ0v) is 20.1. The first kappa shape index (κ1) is 22.6. The van der Waals surface area contributed by atoms with Crippen LogP contribution < -0.4 is 5.30 Å². The van der Waals surface area contributed by atoms with Crippen molar-refractivity contribution < 1.29 is 0 Å². The van der Waals surface area contributed by atoms with E-state index in [4.69, 9.17) is 0 Å². The Kier molecular flexibility index (Phi) is 6.78. The van der Waals surface area contributed by atoms with E-state index < -0.39 is 0 Å². The van der Waals surface area contributed by atoms with Crippen molar-refractivity contribution in [2.45, 2.75) is 78.6 Å². The lowest BCUT2D eigenvalue weighted by atomic mass is 9.75. The zero-order chi connectivity index (χ0) is 21.2. The summed E-state index contributed by atoms with van der Waals surface area (Å²) >= 11 is 0. The van der Waals surface area contributed by atoms with Crippen molar-refractivity contribution in [3.8, 4) is 0 Å². The van der Waals surface area contributed by atoms with Crippen LogP contribution in [-0.2, 0) is 16.2 Å². The molecule has 0 heterocycles. The van der Waals surface area contributed by atoms with Crippen molar-refractivity contribution in [1.29, 1.82) is 0 Å². The van der Waals surface area contributed by atoms with Crippen molar-refractivity contribution in [3.05, 3.63) is 70.8 Å². The summed E-state index contributed by atoms with van der Waals surface area (Å²) in [4.78, 5) is 0. The second-order valence-corrected chi connectivity index (χ2v) is 11.7. The van der Waals surface area contributed by atoms with Crippen LogP contribution in [0.4, 0.5) is 0 Å². The maximum absolute atomic E-state index is 2.45. The van der Waals surface area contributed by atoms with E-state index >= 15 is 0 Å². The van der Waals surface area contributed by atoms with Gasteiger partial charge in [-0.25, -0.2) is 0 Å². The predicted molar refractivity (Wildman–Crippen MR) is 131 cm³/mol. The Labute approximate surface area is 174 Å². The van der Waals surface area contributed by atoms with Crippen LogP contribution in [0.3, 0.4) is 0 Å². The molecule has 0 aliphatic heterocycles. The Morgan fingerprint density at radius 1 is 0.679 bits per heavy atom. The van der Waals surface area contributed by atoms with E-state index in [1.165, 1.54) is 35.8 Å². The van der Waals surface area contributed by atoms with Crippen LogP contribution in [0.2, 0.25) is 0 Å². The molecule has 28 heavy (non-hydrogen) atoms. The molecule has 2 aromatic rings. The molecule has 0 fully saturated rings. The van der Waals surface area contributed by atoms with Gasteiger partial charge in [-0.3, -0.25) is 0 Å². The molecule has 0 saturated carbocycles. The van der Waals surface area contributed by atoms with Gasteiger partial charge in [0.2, 0.25) is 0 Å². The summed E-state index contributed by atoms with van der Waals surface area (Å²) in [6.45, 7) is 20.9. The molecule has 150 valence electrons. The van der Waals surface area contributed by atoms with Crippen LogP contribution in [0.15, 0.2) is 48.5 Å². The molecule has 1 heteroatoms. The SMILES string of the molecule is CC(C)(C)c1cc(C(C)(C)C)c(P=C/C=C/c2ccccc2)c(C(C)(C)C)c1. The van der Waals surface area contributed by atoms with Crippen molar-refractivity contribution >= 4 is 25.4 Å². The predicted octanol–water partition coefficient (Wildman–Crippen LogP) is 7.67. The minimum absolute atomic E-state index is 0.112. The fourth-order valence-electron chi connectivity index (χ4n) is 3.19. The molecule has 0 unspecified atom stereocenters. The molecule has 0 bridgehead atoms. The van der Waals surface area contributed by atoms with Gasteiger partial charge in [-0.2, -0.15) is 0 Å². The third-order valence-electron chi connectivity index (χ3n) is 4.97. The lowest BCUT2D eigenvalue weighted by molar-refractivity contribution is 0.554. The molecular formula is C27H37P. The molecule has 0 N–H and O–H groups in total. The first-order valence-electron chi connectivity index (χ1n) is 10.3. The Morgan fingerprint density at radius 2 is 1.18 bits per heavy atom. The molecular weight excluding hydrogens is 355 g/mol. The monoisotopic (exact) mass is 392 g/mol. The number of benzene rings is 2. The number of allylic oxidation sites excluding steroid dienone is 1. The molecule has 0 nitrogen and oxygen atoms in total. The third-order valence-corrected chi connectivity index (χ3v) is 6.03. The minimum Gasteiger partial charge on any atom is -0.0678 e. The minimum atomic E-state index is 0.112. The van der Waals surface area contributed by atoms with Gasteiger partial charge in [0.05, 0.1) is 0 Å². The maximum atomic E-state index is 2.45. The summed E-state index contributed by atoms with van der Waals surface area (Å²) < 4.78 is 0. The van der Waals surface area contributed by atoms with Gasteiger partial charge in [-0.05, 0) is 44.3 Å². The van der Waals surface area contributed by atoms with Gasteiger partial charge < -0.3 is 0 Å². The number of hydrogen-bond donors (Lipinski definition) is 0. The van der Waals surface area contributed by atoms with E-state index in [0.717, 1.165) is 0 Å². The second-order valence-electron chi connectivity index (χ2n) is 10.7. The highest BCUT2D eigenvalue weighted by atomic mass is 31.1. The molecule has 2 rings (SSSR count). The van der Waals surface area contributed by atoms with Crippen LogP contribution in [-0.4, -0.2) is 5.80 Å². The molecule has 0 spiro atoms. The van der Waals surface area contributed by atoms with Gasteiger partial charge in [0, 0.05) is 5.30 Å². The fraction of sp³-hybridized carbons (Fsp3) is 0.444. The zero-order valence-electron chi connectivity index (χ0n) is 19.2. The molecule has 0 saturated heterocycles. The van der Waals surface area contributed by atoms with Crippen LogP contribution in [0.1, 0.15) is 84.6 Å². The van der Waals surface area contributed by atoms with Crippen LogP contribution >= 0.6 is 8.20 Å². The molecule has 0 aliphatic carbocycles. The van der Waals surface area contributed by atoms with Crippen molar-refractivity contribution in [1.82, 2.24) is 0 Å². The highest BCUT2D eigenvalue weighted by molar-refractivity contribution is 7.48.